The molecule has 8 heteroatoms. The van der Waals surface area contributed by atoms with Gasteiger partial charge in [0.25, 0.3) is 0 Å². The van der Waals surface area contributed by atoms with Gasteiger partial charge in [-0.3, -0.25) is 9.59 Å². The van der Waals surface area contributed by atoms with Gasteiger partial charge in [0.05, 0.1) is 10.4 Å². The highest BCUT2D eigenvalue weighted by Crippen LogP contribution is 2.16. The van der Waals surface area contributed by atoms with Gasteiger partial charge in [-0.25, -0.2) is 9.59 Å². The normalized spacial score (nSPS) is 9.20. The van der Waals surface area contributed by atoms with Crippen LogP contribution < -0.4 is 0 Å². The van der Waals surface area contributed by atoms with Crippen LogP contribution in [0.15, 0.2) is 22.9 Å². The highest BCUT2D eigenvalue weighted by Gasteiger charge is 2.16. The number of rotatable bonds is 4. The molecule has 2 N–H and O–H groups in total. The van der Waals surface area contributed by atoms with Gasteiger partial charge in [0.1, 0.15) is 4.88 Å². The van der Waals surface area contributed by atoms with Crippen LogP contribution in [-0.4, -0.2) is 34.7 Å². The molecule has 2 aromatic rings. The number of carboxylic acid groups (broad SMARTS) is 2. The fraction of sp³-hybridized carbons (Fsp3) is 0. The fourth-order valence-electron chi connectivity index (χ4n) is 1.17. The molecule has 0 unspecified atom stereocenters. The predicted molar refractivity (Wildman–Crippen MR) is 73.3 cm³/mol. The van der Waals surface area contributed by atoms with Crippen LogP contribution in [0.25, 0.3) is 0 Å². The second kappa shape index (κ2) is 7.31. The molecule has 0 aliphatic heterocycles. The Labute approximate surface area is 120 Å². The van der Waals surface area contributed by atoms with Crippen molar-refractivity contribution in [3.63, 3.8) is 0 Å². The van der Waals surface area contributed by atoms with Crippen LogP contribution in [0.2, 0.25) is 0 Å². The minimum Gasteiger partial charge on any atom is -0.478 e. The third-order valence-corrected chi connectivity index (χ3v) is 3.81. The number of hydrogen-bond acceptors (Lipinski definition) is 6. The van der Waals surface area contributed by atoms with Crippen molar-refractivity contribution in [2.24, 2.45) is 0 Å². The van der Waals surface area contributed by atoms with Gasteiger partial charge in [-0.15, -0.1) is 22.7 Å². The predicted octanol–water partition coefficient (Wildman–Crippen LogP) is 2.52. The Morgan fingerprint density at radius 2 is 1.60 bits per heavy atom. The first-order chi connectivity index (χ1) is 9.51. The summed E-state index contributed by atoms with van der Waals surface area (Å²) >= 11 is 2.18. The molecular weight excluding hydrogens is 304 g/mol. The molecule has 0 atom stereocenters. The highest BCUT2D eigenvalue weighted by molar-refractivity contribution is 7.12. The maximum absolute atomic E-state index is 10.3. The van der Waals surface area contributed by atoms with E-state index in [9.17, 15) is 19.2 Å². The monoisotopic (exact) mass is 312 g/mol. The van der Waals surface area contributed by atoms with E-state index in [0.29, 0.717) is 23.0 Å². The summed E-state index contributed by atoms with van der Waals surface area (Å²) < 4.78 is 0. The van der Waals surface area contributed by atoms with Crippen LogP contribution in [0, 0.1) is 0 Å². The molecule has 0 bridgehead atoms. The first kappa shape index (κ1) is 15.7. The molecule has 2 rings (SSSR count). The summed E-state index contributed by atoms with van der Waals surface area (Å²) in [6, 6.07) is 2.90. The number of aldehydes is 2. The molecule has 2 aromatic heterocycles. The van der Waals surface area contributed by atoms with Crippen molar-refractivity contribution in [3.05, 3.63) is 43.8 Å². The van der Waals surface area contributed by atoms with E-state index < -0.39 is 11.9 Å². The molecule has 0 saturated carbocycles. The van der Waals surface area contributed by atoms with Crippen molar-refractivity contribution >= 4 is 47.2 Å². The molecule has 0 fully saturated rings. The van der Waals surface area contributed by atoms with E-state index in [0.717, 1.165) is 11.3 Å². The number of carbonyl (C=O) groups excluding carboxylic acids is 2. The van der Waals surface area contributed by atoms with Crippen LogP contribution in [0.1, 0.15) is 40.1 Å². The second-order valence-electron chi connectivity index (χ2n) is 3.25. The maximum atomic E-state index is 10.3. The topological polar surface area (TPSA) is 109 Å². The Morgan fingerprint density at radius 3 is 2.00 bits per heavy atom. The van der Waals surface area contributed by atoms with E-state index in [1.54, 1.807) is 11.4 Å². The van der Waals surface area contributed by atoms with Crippen molar-refractivity contribution in [1.29, 1.82) is 0 Å². The van der Waals surface area contributed by atoms with Gasteiger partial charge < -0.3 is 10.2 Å². The molecule has 0 aliphatic rings. The van der Waals surface area contributed by atoms with Gasteiger partial charge in [0, 0.05) is 5.56 Å². The lowest BCUT2D eigenvalue weighted by atomic mass is 10.2. The number of aromatic carboxylic acids is 2. The van der Waals surface area contributed by atoms with Gasteiger partial charge in [0.2, 0.25) is 0 Å². The van der Waals surface area contributed by atoms with Gasteiger partial charge >= 0.3 is 11.9 Å². The fourth-order valence-corrected chi connectivity index (χ4v) is 2.56. The van der Waals surface area contributed by atoms with E-state index in [2.05, 4.69) is 0 Å². The van der Waals surface area contributed by atoms with Crippen LogP contribution in [-0.2, 0) is 0 Å². The third-order valence-electron chi connectivity index (χ3n) is 2.05. The zero-order chi connectivity index (χ0) is 15.1. The van der Waals surface area contributed by atoms with Crippen LogP contribution >= 0.6 is 22.7 Å². The van der Waals surface area contributed by atoms with E-state index in [1.165, 1.54) is 22.8 Å². The number of carbonyl (C=O) groups is 4. The second-order valence-corrected chi connectivity index (χ2v) is 5.11. The average Bonchev–Trinajstić information content (AvgIpc) is 3.07. The number of thiophene rings is 2. The van der Waals surface area contributed by atoms with Gasteiger partial charge in [-0.2, -0.15) is 0 Å². The molecule has 0 aliphatic carbocycles. The molecular formula is C12H8O6S2. The summed E-state index contributed by atoms with van der Waals surface area (Å²) in [4.78, 5) is 41.2. The molecule has 0 amide bonds. The molecule has 104 valence electrons. The lowest BCUT2D eigenvalue weighted by Gasteiger charge is -1.89. The summed E-state index contributed by atoms with van der Waals surface area (Å²) in [6.45, 7) is 0. The Morgan fingerprint density at radius 1 is 0.950 bits per heavy atom. The Balaban J connectivity index is 0.000000204. The Bertz CT molecular complexity index is 589. The zero-order valence-corrected chi connectivity index (χ0v) is 11.4. The molecule has 20 heavy (non-hydrogen) atoms. The van der Waals surface area contributed by atoms with Crippen molar-refractivity contribution in [3.8, 4) is 0 Å². The standard InChI is InChI=1S/C6H4O4S.C6H4O2S/c7-5(8)3-1-2-11-4(3)6(9)10;7-3-5-1-2-9-6(5)4-8/h1-2H,(H,7,8)(H,9,10);1-4H. The van der Waals surface area contributed by atoms with Crippen LogP contribution in [0.5, 0.6) is 0 Å². The largest absolute Gasteiger partial charge is 0.478 e. The lowest BCUT2D eigenvalue weighted by molar-refractivity contribution is 0.0656. The van der Waals surface area contributed by atoms with E-state index >= 15 is 0 Å². The highest BCUT2D eigenvalue weighted by atomic mass is 32.1. The van der Waals surface area contributed by atoms with Crippen molar-refractivity contribution in [1.82, 2.24) is 0 Å². The molecule has 0 aromatic carbocycles. The minimum absolute atomic E-state index is 0.127. The van der Waals surface area contributed by atoms with Gasteiger partial charge in [0.15, 0.2) is 12.6 Å². The molecule has 0 spiro atoms. The van der Waals surface area contributed by atoms with Gasteiger partial charge in [-0.05, 0) is 22.9 Å². The first-order valence-electron chi connectivity index (χ1n) is 5.03. The van der Waals surface area contributed by atoms with E-state index in [1.807, 2.05) is 0 Å². The number of hydrogen-bond donors (Lipinski definition) is 2. The SMILES string of the molecule is O=C(O)c1ccsc1C(=O)O.O=Cc1ccsc1C=O. The molecule has 0 saturated heterocycles. The Hall–Kier alpha value is -2.32. The van der Waals surface area contributed by atoms with Crippen molar-refractivity contribution < 1.29 is 29.4 Å². The number of carboxylic acids is 2. The van der Waals surface area contributed by atoms with Crippen molar-refractivity contribution in [2.45, 2.75) is 0 Å². The summed E-state index contributed by atoms with van der Waals surface area (Å²) in [6.07, 6.45) is 1.37. The summed E-state index contributed by atoms with van der Waals surface area (Å²) in [5.74, 6) is -2.40. The first-order valence-corrected chi connectivity index (χ1v) is 6.79. The van der Waals surface area contributed by atoms with Crippen molar-refractivity contribution in [2.75, 3.05) is 0 Å². The molecule has 0 radical (unpaired) electrons. The van der Waals surface area contributed by atoms with Gasteiger partial charge in [-0.1, -0.05) is 0 Å². The molecule has 2 heterocycles. The quantitative estimate of drug-likeness (QED) is 0.840. The summed E-state index contributed by atoms with van der Waals surface area (Å²) in [5.41, 5.74) is 0.331. The maximum Gasteiger partial charge on any atom is 0.346 e. The lowest BCUT2D eigenvalue weighted by Crippen LogP contribution is -2.03. The average molecular weight is 312 g/mol. The Kier molecular flexibility index (Phi) is 5.75. The summed E-state index contributed by atoms with van der Waals surface area (Å²) in [7, 11) is 0. The molecule has 6 nitrogen and oxygen atoms in total. The van der Waals surface area contributed by atoms with Crippen LogP contribution in [0.3, 0.4) is 0 Å². The smallest absolute Gasteiger partial charge is 0.346 e. The van der Waals surface area contributed by atoms with E-state index in [-0.39, 0.29) is 10.4 Å². The minimum atomic E-state index is -1.20. The zero-order valence-electron chi connectivity index (χ0n) is 9.81. The van der Waals surface area contributed by atoms with E-state index in [4.69, 9.17) is 10.2 Å². The third kappa shape index (κ3) is 3.84. The van der Waals surface area contributed by atoms with Crippen LogP contribution in [0.4, 0.5) is 0 Å². The summed E-state index contributed by atoms with van der Waals surface area (Å²) in [5, 5.41) is 20.1.